The Balaban J connectivity index is 2.19. The molecule has 114 valence electrons. The van der Waals surface area contributed by atoms with Gasteiger partial charge in [0, 0.05) is 24.7 Å². The number of rotatable bonds is 5. The second-order valence-electron chi connectivity index (χ2n) is 5.43. The molecule has 1 aliphatic rings. The van der Waals surface area contributed by atoms with Gasteiger partial charge >= 0.3 is 5.97 Å². The summed E-state index contributed by atoms with van der Waals surface area (Å²) in [5.41, 5.74) is -0.666. The minimum atomic E-state index is -0.846. The molecule has 7 heteroatoms. The zero-order chi connectivity index (χ0) is 15.6. The van der Waals surface area contributed by atoms with Crippen molar-refractivity contribution in [2.75, 3.05) is 13.1 Å². The van der Waals surface area contributed by atoms with Crippen LogP contribution < -0.4 is 0 Å². The van der Waals surface area contributed by atoms with Gasteiger partial charge in [0.05, 0.1) is 10.3 Å². The van der Waals surface area contributed by atoms with Gasteiger partial charge in [0.2, 0.25) is 0 Å². The third kappa shape index (κ3) is 3.02. The van der Waals surface area contributed by atoms with Gasteiger partial charge in [0.1, 0.15) is 5.82 Å². The molecule has 1 aromatic rings. The van der Waals surface area contributed by atoms with E-state index < -0.39 is 22.1 Å². The maximum Gasteiger partial charge on any atom is 0.310 e. The fourth-order valence-electron chi connectivity index (χ4n) is 2.81. The van der Waals surface area contributed by atoms with Crippen molar-refractivity contribution in [2.24, 2.45) is 5.41 Å². The van der Waals surface area contributed by atoms with Crippen LogP contribution >= 0.6 is 0 Å². The van der Waals surface area contributed by atoms with Gasteiger partial charge in [-0.15, -0.1) is 0 Å². The smallest absolute Gasteiger partial charge is 0.310 e. The number of hydrogen-bond donors (Lipinski definition) is 1. The van der Waals surface area contributed by atoms with E-state index in [1.807, 2.05) is 11.8 Å². The maximum absolute atomic E-state index is 13.3. The predicted molar refractivity (Wildman–Crippen MR) is 73.3 cm³/mol. The first kappa shape index (κ1) is 15.4. The van der Waals surface area contributed by atoms with Gasteiger partial charge < -0.3 is 5.11 Å². The van der Waals surface area contributed by atoms with Crippen molar-refractivity contribution in [3.63, 3.8) is 0 Å². The molecule has 1 fully saturated rings. The number of likely N-dealkylation sites (tertiary alicyclic amines) is 1. The van der Waals surface area contributed by atoms with Gasteiger partial charge in [-0.1, -0.05) is 6.92 Å². The van der Waals surface area contributed by atoms with Crippen molar-refractivity contribution in [3.8, 4) is 0 Å². The molecule has 0 aromatic heterocycles. The van der Waals surface area contributed by atoms with Crippen LogP contribution in [0.5, 0.6) is 0 Å². The van der Waals surface area contributed by atoms with Crippen molar-refractivity contribution in [3.05, 3.63) is 39.7 Å². The Morgan fingerprint density at radius 1 is 1.57 bits per heavy atom. The van der Waals surface area contributed by atoms with E-state index in [0.29, 0.717) is 25.9 Å². The van der Waals surface area contributed by atoms with E-state index >= 15 is 0 Å². The lowest BCUT2D eigenvalue weighted by atomic mass is 9.84. The van der Waals surface area contributed by atoms with Crippen LogP contribution in [0.25, 0.3) is 0 Å². The minimum Gasteiger partial charge on any atom is -0.481 e. The summed E-state index contributed by atoms with van der Waals surface area (Å²) in [4.78, 5) is 23.6. The van der Waals surface area contributed by atoms with Crippen molar-refractivity contribution in [2.45, 2.75) is 26.3 Å². The Morgan fingerprint density at radius 2 is 2.29 bits per heavy atom. The number of aliphatic carboxylic acids is 1. The number of halogens is 1. The van der Waals surface area contributed by atoms with Crippen molar-refractivity contribution >= 4 is 11.7 Å². The Bertz CT molecular complexity index is 578. The number of hydrogen-bond acceptors (Lipinski definition) is 4. The van der Waals surface area contributed by atoms with E-state index in [9.17, 15) is 24.4 Å². The molecule has 1 N–H and O–H groups in total. The number of carboxylic acids is 1. The zero-order valence-electron chi connectivity index (χ0n) is 11.7. The number of nitro groups is 1. The number of nitrogens with zero attached hydrogens (tertiary/aromatic N) is 2. The van der Waals surface area contributed by atoms with E-state index in [0.717, 1.165) is 18.2 Å². The van der Waals surface area contributed by atoms with E-state index in [4.69, 9.17) is 0 Å². The molecule has 0 bridgehead atoms. The zero-order valence-corrected chi connectivity index (χ0v) is 11.7. The summed E-state index contributed by atoms with van der Waals surface area (Å²) < 4.78 is 13.3. The minimum absolute atomic E-state index is 0.138. The van der Waals surface area contributed by atoms with Gasteiger partial charge in [-0.3, -0.25) is 19.8 Å². The molecule has 1 heterocycles. The first-order chi connectivity index (χ1) is 9.88. The fraction of sp³-hybridized carbons (Fsp3) is 0.500. The molecule has 0 spiro atoms. The van der Waals surface area contributed by atoms with Gasteiger partial charge in [-0.2, -0.15) is 0 Å². The summed E-state index contributed by atoms with van der Waals surface area (Å²) in [5, 5.41) is 20.3. The average molecular weight is 296 g/mol. The lowest BCUT2D eigenvalue weighted by molar-refractivity contribution is -0.385. The van der Waals surface area contributed by atoms with Crippen LogP contribution in [0.2, 0.25) is 0 Å². The molecule has 1 aromatic carbocycles. The van der Waals surface area contributed by atoms with Crippen LogP contribution in [0, 0.1) is 21.3 Å². The van der Waals surface area contributed by atoms with Crippen molar-refractivity contribution in [1.82, 2.24) is 4.90 Å². The monoisotopic (exact) mass is 296 g/mol. The lowest BCUT2D eigenvalue weighted by Crippen LogP contribution is -2.34. The average Bonchev–Trinajstić information content (AvgIpc) is 2.83. The molecule has 21 heavy (non-hydrogen) atoms. The van der Waals surface area contributed by atoms with Crippen LogP contribution in [-0.4, -0.2) is 34.0 Å². The van der Waals surface area contributed by atoms with Crippen LogP contribution in [0.1, 0.15) is 25.3 Å². The predicted octanol–water partition coefficient (Wildman–Crippen LogP) is 2.42. The van der Waals surface area contributed by atoms with Crippen molar-refractivity contribution < 1.29 is 19.2 Å². The molecule has 0 aliphatic carbocycles. The first-order valence-corrected chi connectivity index (χ1v) is 6.76. The highest BCUT2D eigenvalue weighted by molar-refractivity contribution is 5.75. The van der Waals surface area contributed by atoms with E-state index in [1.165, 1.54) is 0 Å². The highest BCUT2D eigenvalue weighted by Gasteiger charge is 2.43. The van der Waals surface area contributed by atoms with Crippen LogP contribution in [0.3, 0.4) is 0 Å². The quantitative estimate of drug-likeness (QED) is 0.666. The van der Waals surface area contributed by atoms with Gasteiger partial charge in [-0.25, -0.2) is 4.39 Å². The molecule has 2 rings (SSSR count). The maximum atomic E-state index is 13.3. The number of benzene rings is 1. The Hall–Kier alpha value is -2.02. The van der Waals surface area contributed by atoms with Gasteiger partial charge in [0.15, 0.2) is 0 Å². The van der Waals surface area contributed by atoms with E-state index in [1.54, 1.807) is 0 Å². The highest BCUT2D eigenvalue weighted by atomic mass is 19.1. The van der Waals surface area contributed by atoms with Crippen molar-refractivity contribution in [1.29, 1.82) is 0 Å². The summed E-state index contributed by atoms with van der Waals surface area (Å²) in [6.07, 6.45) is 1.01. The number of nitro benzene ring substituents is 1. The summed E-state index contributed by atoms with van der Waals surface area (Å²) in [5.74, 6) is -1.38. The molecular weight excluding hydrogens is 279 g/mol. The number of carboxylic acid groups (broad SMARTS) is 1. The van der Waals surface area contributed by atoms with Crippen LogP contribution in [-0.2, 0) is 11.3 Å². The standard InChI is InChI=1S/C14H17FN2O4/c1-2-14(13(18)19)5-6-16(9-14)8-10-7-11(15)3-4-12(10)17(20)21/h3-4,7H,2,5-6,8-9H2,1H3,(H,18,19). The highest BCUT2D eigenvalue weighted by Crippen LogP contribution is 2.35. The molecule has 1 aliphatic heterocycles. The topological polar surface area (TPSA) is 83.7 Å². The third-order valence-electron chi connectivity index (χ3n) is 4.20. The van der Waals surface area contributed by atoms with E-state index in [-0.39, 0.29) is 17.8 Å². The Labute approximate surface area is 121 Å². The van der Waals surface area contributed by atoms with Gasteiger partial charge in [0.25, 0.3) is 5.69 Å². The Morgan fingerprint density at radius 3 is 2.81 bits per heavy atom. The molecule has 1 saturated heterocycles. The molecule has 0 amide bonds. The van der Waals surface area contributed by atoms with Gasteiger partial charge in [-0.05, 0) is 31.5 Å². The number of carbonyl (C=O) groups is 1. The summed E-state index contributed by atoms with van der Waals surface area (Å²) in [6, 6.07) is 3.34. The summed E-state index contributed by atoms with van der Waals surface area (Å²) >= 11 is 0. The van der Waals surface area contributed by atoms with Crippen LogP contribution in [0.4, 0.5) is 10.1 Å². The lowest BCUT2D eigenvalue weighted by Gasteiger charge is -2.23. The molecule has 1 atom stereocenters. The van der Waals surface area contributed by atoms with E-state index in [2.05, 4.69) is 0 Å². The second kappa shape index (κ2) is 5.77. The second-order valence-corrected chi connectivity index (χ2v) is 5.43. The normalized spacial score (nSPS) is 22.4. The fourth-order valence-corrected chi connectivity index (χ4v) is 2.81. The van der Waals surface area contributed by atoms with Crippen LogP contribution in [0.15, 0.2) is 18.2 Å². The first-order valence-electron chi connectivity index (χ1n) is 6.76. The third-order valence-corrected chi connectivity index (χ3v) is 4.20. The summed E-state index contributed by atoms with van der Waals surface area (Å²) in [6.45, 7) is 2.87. The Kier molecular flexibility index (Phi) is 4.22. The molecular formula is C14H17FN2O4. The summed E-state index contributed by atoms with van der Waals surface area (Å²) in [7, 11) is 0. The molecule has 0 radical (unpaired) electrons. The largest absolute Gasteiger partial charge is 0.481 e. The molecule has 0 saturated carbocycles. The molecule has 1 unspecified atom stereocenters. The SMILES string of the molecule is CCC1(C(=O)O)CCN(Cc2cc(F)ccc2[N+](=O)[O-])C1. The molecule has 6 nitrogen and oxygen atoms in total.